The quantitative estimate of drug-likeness (QED) is 0.862. The van der Waals surface area contributed by atoms with Gasteiger partial charge in [0.25, 0.3) is 0 Å². The predicted molar refractivity (Wildman–Crippen MR) is 102 cm³/mol. The smallest absolute Gasteiger partial charge is 0.246 e. The minimum absolute atomic E-state index is 0.104. The normalized spacial score (nSPS) is 13.5. The van der Waals surface area contributed by atoms with Gasteiger partial charge in [-0.15, -0.1) is 0 Å². The van der Waals surface area contributed by atoms with E-state index in [1.165, 1.54) is 5.56 Å². The SMILES string of the molecule is CC(C)COc1ccc(NCC(=O)N2CCCc3ccccc32)cc1. The van der Waals surface area contributed by atoms with Crippen LogP contribution in [0.25, 0.3) is 0 Å². The minimum Gasteiger partial charge on any atom is -0.493 e. The Labute approximate surface area is 149 Å². The number of para-hydroxylation sites is 1. The van der Waals surface area contributed by atoms with E-state index in [1.54, 1.807) is 0 Å². The molecule has 1 N–H and O–H groups in total. The number of hydrogen-bond donors (Lipinski definition) is 1. The summed E-state index contributed by atoms with van der Waals surface area (Å²) >= 11 is 0. The van der Waals surface area contributed by atoms with E-state index in [-0.39, 0.29) is 5.91 Å². The molecule has 1 heterocycles. The number of hydrogen-bond acceptors (Lipinski definition) is 3. The summed E-state index contributed by atoms with van der Waals surface area (Å²) in [6.45, 7) is 6.04. The van der Waals surface area contributed by atoms with Crippen LogP contribution in [0.2, 0.25) is 0 Å². The van der Waals surface area contributed by atoms with E-state index in [1.807, 2.05) is 47.4 Å². The van der Waals surface area contributed by atoms with E-state index in [0.29, 0.717) is 19.1 Å². The fourth-order valence-electron chi connectivity index (χ4n) is 3.00. The average molecular weight is 338 g/mol. The zero-order chi connectivity index (χ0) is 17.6. The van der Waals surface area contributed by atoms with Crippen molar-refractivity contribution in [2.45, 2.75) is 26.7 Å². The van der Waals surface area contributed by atoms with Crippen molar-refractivity contribution in [1.82, 2.24) is 0 Å². The lowest BCUT2D eigenvalue weighted by atomic mass is 10.0. The van der Waals surface area contributed by atoms with Gasteiger partial charge in [-0.3, -0.25) is 4.79 Å². The summed E-state index contributed by atoms with van der Waals surface area (Å²) in [4.78, 5) is 14.5. The third-order valence-corrected chi connectivity index (χ3v) is 4.29. The second-order valence-electron chi connectivity index (χ2n) is 6.86. The van der Waals surface area contributed by atoms with E-state index in [0.717, 1.165) is 36.5 Å². The van der Waals surface area contributed by atoms with Crippen LogP contribution >= 0.6 is 0 Å². The summed E-state index contributed by atoms with van der Waals surface area (Å²) in [6, 6.07) is 15.9. The molecule has 0 bridgehead atoms. The summed E-state index contributed by atoms with van der Waals surface area (Å²) in [7, 11) is 0. The van der Waals surface area contributed by atoms with Gasteiger partial charge < -0.3 is 15.0 Å². The molecule has 0 aliphatic carbocycles. The Balaban J connectivity index is 1.56. The average Bonchev–Trinajstić information content (AvgIpc) is 2.64. The summed E-state index contributed by atoms with van der Waals surface area (Å²) in [5.41, 5.74) is 3.24. The third-order valence-electron chi connectivity index (χ3n) is 4.29. The molecular formula is C21H26N2O2. The van der Waals surface area contributed by atoms with Crippen LogP contribution in [0, 0.1) is 5.92 Å². The van der Waals surface area contributed by atoms with E-state index >= 15 is 0 Å². The van der Waals surface area contributed by atoms with Crippen molar-refractivity contribution in [3.05, 3.63) is 54.1 Å². The molecule has 2 aromatic rings. The number of amides is 1. The molecule has 1 aliphatic rings. The van der Waals surface area contributed by atoms with Crippen molar-refractivity contribution < 1.29 is 9.53 Å². The van der Waals surface area contributed by atoms with E-state index in [9.17, 15) is 4.79 Å². The third kappa shape index (κ3) is 4.53. The first-order valence-corrected chi connectivity index (χ1v) is 8.98. The lowest BCUT2D eigenvalue weighted by molar-refractivity contribution is -0.117. The van der Waals surface area contributed by atoms with Gasteiger partial charge in [0.15, 0.2) is 0 Å². The highest BCUT2D eigenvalue weighted by atomic mass is 16.5. The van der Waals surface area contributed by atoms with Gasteiger partial charge in [-0.25, -0.2) is 0 Å². The summed E-state index contributed by atoms with van der Waals surface area (Å²) in [6.07, 6.45) is 2.07. The zero-order valence-electron chi connectivity index (χ0n) is 15.0. The summed E-state index contributed by atoms with van der Waals surface area (Å²) in [5, 5.41) is 3.22. The Bertz CT molecular complexity index is 710. The van der Waals surface area contributed by atoms with Gasteiger partial charge in [0.2, 0.25) is 5.91 Å². The zero-order valence-corrected chi connectivity index (χ0v) is 15.0. The number of rotatable bonds is 6. The highest BCUT2D eigenvalue weighted by molar-refractivity contribution is 5.97. The number of nitrogens with zero attached hydrogens (tertiary/aromatic N) is 1. The van der Waals surface area contributed by atoms with Crippen molar-refractivity contribution in [1.29, 1.82) is 0 Å². The van der Waals surface area contributed by atoms with Gasteiger partial charge in [-0.2, -0.15) is 0 Å². The topological polar surface area (TPSA) is 41.6 Å². The molecule has 0 atom stereocenters. The molecule has 25 heavy (non-hydrogen) atoms. The molecule has 0 saturated heterocycles. The molecule has 0 saturated carbocycles. The maximum absolute atomic E-state index is 12.6. The maximum atomic E-state index is 12.6. The first kappa shape index (κ1) is 17.3. The van der Waals surface area contributed by atoms with Crippen molar-refractivity contribution in [3.8, 4) is 5.75 Å². The molecule has 0 spiro atoms. The number of anilines is 2. The van der Waals surface area contributed by atoms with Crippen molar-refractivity contribution in [2.24, 2.45) is 5.92 Å². The number of nitrogens with one attached hydrogen (secondary N) is 1. The number of carbonyl (C=O) groups is 1. The van der Waals surface area contributed by atoms with Crippen molar-refractivity contribution in [3.63, 3.8) is 0 Å². The molecule has 1 amide bonds. The molecule has 4 nitrogen and oxygen atoms in total. The number of fused-ring (bicyclic) bond motifs is 1. The second-order valence-corrected chi connectivity index (χ2v) is 6.86. The first-order chi connectivity index (χ1) is 12.1. The van der Waals surface area contributed by atoms with Crippen LogP contribution in [0.3, 0.4) is 0 Å². The maximum Gasteiger partial charge on any atom is 0.246 e. The molecule has 3 rings (SSSR count). The highest BCUT2D eigenvalue weighted by Crippen LogP contribution is 2.26. The van der Waals surface area contributed by atoms with E-state index in [2.05, 4.69) is 25.2 Å². The molecule has 1 aliphatic heterocycles. The Kier molecular flexibility index (Phi) is 5.59. The minimum atomic E-state index is 0.104. The molecule has 132 valence electrons. The van der Waals surface area contributed by atoms with E-state index < -0.39 is 0 Å². The van der Waals surface area contributed by atoms with Gasteiger partial charge >= 0.3 is 0 Å². The Morgan fingerprint density at radius 2 is 1.92 bits per heavy atom. The lowest BCUT2D eigenvalue weighted by Crippen LogP contribution is -2.39. The van der Waals surface area contributed by atoms with Crippen molar-refractivity contribution >= 4 is 17.3 Å². The second kappa shape index (κ2) is 8.06. The highest BCUT2D eigenvalue weighted by Gasteiger charge is 2.21. The van der Waals surface area contributed by atoms with Gasteiger partial charge in [0.1, 0.15) is 5.75 Å². The fraction of sp³-hybridized carbons (Fsp3) is 0.381. The number of aryl methyl sites for hydroxylation is 1. The van der Waals surface area contributed by atoms with Gasteiger partial charge in [-0.1, -0.05) is 32.0 Å². The van der Waals surface area contributed by atoms with Crippen molar-refractivity contribution in [2.75, 3.05) is 29.9 Å². The van der Waals surface area contributed by atoms with Crippen LogP contribution < -0.4 is 15.0 Å². The predicted octanol–water partition coefficient (Wildman–Crippen LogP) is 4.11. The molecule has 2 aromatic carbocycles. The molecule has 0 aromatic heterocycles. The molecule has 0 radical (unpaired) electrons. The van der Waals surface area contributed by atoms with E-state index in [4.69, 9.17) is 4.74 Å². The molecule has 0 unspecified atom stereocenters. The van der Waals surface area contributed by atoms with Crippen LogP contribution in [-0.4, -0.2) is 25.6 Å². The first-order valence-electron chi connectivity index (χ1n) is 8.98. The number of ether oxygens (including phenoxy) is 1. The number of carbonyl (C=O) groups excluding carboxylic acids is 1. The summed E-state index contributed by atoms with van der Waals surface area (Å²) in [5.74, 6) is 1.46. The molecule has 0 fully saturated rings. The Morgan fingerprint density at radius 1 is 1.16 bits per heavy atom. The molecule has 4 heteroatoms. The van der Waals surface area contributed by atoms with Crippen LogP contribution in [0.4, 0.5) is 11.4 Å². The lowest BCUT2D eigenvalue weighted by Gasteiger charge is -2.29. The fourth-order valence-corrected chi connectivity index (χ4v) is 3.00. The van der Waals surface area contributed by atoms with Crippen LogP contribution in [-0.2, 0) is 11.2 Å². The molecular weight excluding hydrogens is 312 g/mol. The van der Waals surface area contributed by atoms with Gasteiger partial charge in [0.05, 0.1) is 13.2 Å². The summed E-state index contributed by atoms with van der Waals surface area (Å²) < 4.78 is 5.68. The monoisotopic (exact) mass is 338 g/mol. The van der Waals surface area contributed by atoms with Gasteiger partial charge in [-0.05, 0) is 54.7 Å². The number of benzene rings is 2. The Hall–Kier alpha value is -2.49. The van der Waals surface area contributed by atoms with Crippen LogP contribution in [0.1, 0.15) is 25.8 Å². The largest absolute Gasteiger partial charge is 0.493 e. The van der Waals surface area contributed by atoms with Gasteiger partial charge in [0, 0.05) is 17.9 Å². The Morgan fingerprint density at radius 3 is 2.68 bits per heavy atom. The standard InChI is InChI=1S/C21H26N2O2/c1-16(2)15-25-19-11-9-18(10-12-19)22-14-21(24)23-13-5-7-17-6-3-4-8-20(17)23/h3-4,6,8-12,16,22H,5,7,13-15H2,1-2H3. The van der Waals surface area contributed by atoms with Crippen LogP contribution in [0.15, 0.2) is 48.5 Å². The van der Waals surface area contributed by atoms with Crippen LogP contribution in [0.5, 0.6) is 5.75 Å².